The normalized spacial score (nSPS) is 10.7. The lowest BCUT2D eigenvalue weighted by molar-refractivity contribution is 0.0549. The van der Waals surface area contributed by atoms with Crippen molar-refractivity contribution in [2.24, 2.45) is 0 Å². The third kappa shape index (κ3) is 5.39. The minimum Gasteiger partial charge on any atom is -0.490 e. The molecule has 33 heavy (non-hydrogen) atoms. The fraction of sp³-hybridized carbons (Fsp3) is 0.320. The first kappa shape index (κ1) is 24.0. The molecule has 0 N–H and O–H groups in total. The molecule has 0 aliphatic carbocycles. The number of rotatable bonds is 10. The van der Waals surface area contributed by atoms with Crippen molar-refractivity contribution in [2.75, 3.05) is 20.8 Å². The number of nitrogens with zero attached hydrogens (tertiary/aromatic N) is 2. The first-order valence-electron chi connectivity index (χ1n) is 10.8. The number of unbranched alkanes of at least 4 members (excludes halogenated alkanes) is 3. The van der Waals surface area contributed by atoms with Crippen molar-refractivity contribution >= 4 is 11.9 Å². The van der Waals surface area contributed by atoms with Crippen molar-refractivity contribution < 1.29 is 28.2 Å². The van der Waals surface area contributed by atoms with Gasteiger partial charge >= 0.3 is 11.9 Å². The van der Waals surface area contributed by atoms with Gasteiger partial charge in [0.1, 0.15) is 11.3 Å². The van der Waals surface area contributed by atoms with E-state index in [9.17, 15) is 14.0 Å². The van der Waals surface area contributed by atoms with Crippen LogP contribution in [0.25, 0.3) is 16.9 Å². The SMILES string of the molecule is CCCCCCOc1cc(-c2nn(-c3ccccc3)c(C(=O)OC)c2C(=O)OC)ccc1F. The topological polar surface area (TPSA) is 79.7 Å². The number of esters is 2. The Kier molecular flexibility index (Phi) is 8.18. The maximum Gasteiger partial charge on any atom is 0.357 e. The second kappa shape index (κ2) is 11.3. The first-order valence-corrected chi connectivity index (χ1v) is 10.8. The Morgan fingerprint density at radius 1 is 0.970 bits per heavy atom. The number of halogens is 1. The van der Waals surface area contributed by atoms with Gasteiger partial charge < -0.3 is 14.2 Å². The Balaban J connectivity index is 2.10. The molecule has 3 rings (SSSR count). The largest absolute Gasteiger partial charge is 0.490 e. The van der Waals surface area contributed by atoms with Gasteiger partial charge in [-0.25, -0.2) is 18.7 Å². The van der Waals surface area contributed by atoms with Gasteiger partial charge in [0.2, 0.25) is 0 Å². The van der Waals surface area contributed by atoms with Crippen molar-refractivity contribution in [1.29, 1.82) is 0 Å². The summed E-state index contributed by atoms with van der Waals surface area (Å²) in [6.45, 7) is 2.48. The van der Waals surface area contributed by atoms with Gasteiger partial charge in [-0.15, -0.1) is 0 Å². The van der Waals surface area contributed by atoms with Gasteiger partial charge in [0.15, 0.2) is 17.3 Å². The van der Waals surface area contributed by atoms with Crippen LogP contribution in [0.3, 0.4) is 0 Å². The molecule has 0 radical (unpaired) electrons. The predicted octanol–water partition coefficient (Wildman–Crippen LogP) is 5.21. The summed E-state index contributed by atoms with van der Waals surface area (Å²) in [5.74, 6) is -2.00. The minimum absolute atomic E-state index is 0.0497. The fourth-order valence-electron chi connectivity index (χ4n) is 3.43. The summed E-state index contributed by atoms with van der Waals surface area (Å²) in [6.07, 6.45) is 3.97. The summed E-state index contributed by atoms with van der Waals surface area (Å²) in [5.41, 5.74) is 0.941. The summed E-state index contributed by atoms with van der Waals surface area (Å²) >= 11 is 0. The predicted molar refractivity (Wildman–Crippen MR) is 121 cm³/mol. The van der Waals surface area contributed by atoms with Crippen LogP contribution in [0, 0.1) is 5.82 Å². The minimum atomic E-state index is -0.765. The lowest BCUT2D eigenvalue weighted by Crippen LogP contribution is -2.15. The van der Waals surface area contributed by atoms with Crippen LogP contribution in [-0.4, -0.2) is 42.5 Å². The lowest BCUT2D eigenvalue weighted by Gasteiger charge is -2.09. The highest BCUT2D eigenvalue weighted by Crippen LogP contribution is 2.32. The first-order chi connectivity index (χ1) is 16.0. The van der Waals surface area contributed by atoms with E-state index >= 15 is 0 Å². The molecule has 0 amide bonds. The second-order valence-electron chi connectivity index (χ2n) is 7.36. The molecule has 0 fully saturated rings. The van der Waals surface area contributed by atoms with E-state index in [-0.39, 0.29) is 22.7 Å². The number of ether oxygens (including phenoxy) is 3. The van der Waals surface area contributed by atoms with Crippen molar-refractivity contribution in [3.05, 3.63) is 65.6 Å². The van der Waals surface area contributed by atoms with Crippen LogP contribution in [0.15, 0.2) is 48.5 Å². The average Bonchev–Trinajstić information content (AvgIpc) is 3.25. The highest BCUT2D eigenvalue weighted by atomic mass is 19.1. The monoisotopic (exact) mass is 454 g/mol. The van der Waals surface area contributed by atoms with Crippen LogP contribution in [-0.2, 0) is 9.47 Å². The molecule has 3 aromatic rings. The standard InChI is InChI=1S/C25H27FN2O5/c1-4-5-6-10-15-33-20-16-17(13-14-19(20)26)22-21(24(29)31-2)23(25(30)32-3)28(27-22)18-11-8-7-9-12-18/h7-9,11-14,16H,4-6,10,15H2,1-3H3. The maximum absolute atomic E-state index is 14.4. The molecular formula is C25H27FN2O5. The zero-order chi connectivity index (χ0) is 23.8. The molecule has 0 aliphatic rings. The number of methoxy groups -OCH3 is 2. The molecule has 1 aromatic heterocycles. The molecule has 7 nitrogen and oxygen atoms in total. The summed E-state index contributed by atoms with van der Waals surface area (Å²) in [5, 5.41) is 4.52. The quantitative estimate of drug-likeness (QED) is 0.309. The van der Waals surface area contributed by atoms with Crippen LogP contribution >= 0.6 is 0 Å². The molecule has 0 bridgehead atoms. The number of carbonyl (C=O) groups is 2. The van der Waals surface area contributed by atoms with Gasteiger partial charge in [-0.05, 0) is 36.8 Å². The number of benzene rings is 2. The summed E-state index contributed by atoms with van der Waals surface area (Å²) in [6, 6.07) is 13.0. The number of aromatic nitrogens is 2. The number of hydrogen-bond donors (Lipinski definition) is 0. The van der Waals surface area contributed by atoms with Gasteiger partial charge in [-0.1, -0.05) is 44.4 Å². The van der Waals surface area contributed by atoms with E-state index in [0.717, 1.165) is 25.7 Å². The van der Waals surface area contributed by atoms with Crippen molar-refractivity contribution in [1.82, 2.24) is 9.78 Å². The Morgan fingerprint density at radius 3 is 2.36 bits per heavy atom. The molecule has 1 heterocycles. The third-order valence-electron chi connectivity index (χ3n) is 5.11. The van der Waals surface area contributed by atoms with Crippen LogP contribution in [0.4, 0.5) is 4.39 Å². The molecule has 0 saturated carbocycles. The van der Waals surface area contributed by atoms with Gasteiger partial charge in [0, 0.05) is 5.56 Å². The van der Waals surface area contributed by atoms with Gasteiger partial charge in [-0.3, -0.25) is 0 Å². The van der Waals surface area contributed by atoms with Gasteiger partial charge in [-0.2, -0.15) is 5.10 Å². The second-order valence-corrected chi connectivity index (χ2v) is 7.36. The number of para-hydroxylation sites is 1. The van der Waals surface area contributed by atoms with E-state index < -0.39 is 17.8 Å². The van der Waals surface area contributed by atoms with E-state index in [2.05, 4.69) is 12.0 Å². The van der Waals surface area contributed by atoms with Crippen molar-refractivity contribution in [3.63, 3.8) is 0 Å². The van der Waals surface area contributed by atoms with Crippen LogP contribution < -0.4 is 4.74 Å². The summed E-state index contributed by atoms with van der Waals surface area (Å²) in [7, 11) is 2.43. The van der Waals surface area contributed by atoms with Crippen LogP contribution in [0.1, 0.15) is 53.5 Å². The van der Waals surface area contributed by atoms with Crippen LogP contribution in [0.5, 0.6) is 5.75 Å². The maximum atomic E-state index is 14.4. The highest BCUT2D eigenvalue weighted by molar-refractivity contribution is 6.06. The molecule has 8 heteroatoms. The lowest BCUT2D eigenvalue weighted by atomic mass is 10.0. The molecule has 0 aliphatic heterocycles. The highest BCUT2D eigenvalue weighted by Gasteiger charge is 2.31. The average molecular weight is 454 g/mol. The molecule has 0 unspecified atom stereocenters. The Bertz CT molecular complexity index is 1110. The van der Waals surface area contributed by atoms with Crippen molar-refractivity contribution in [2.45, 2.75) is 32.6 Å². The number of hydrogen-bond acceptors (Lipinski definition) is 6. The fourth-order valence-corrected chi connectivity index (χ4v) is 3.43. The third-order valence-corrected chi connectivity index (χ3v) is 5.11. The molecular weight excluding hydrogens is 427 g/mol. The molecule has 0 spiro atoms. The zero-order valence-corrected chi connectivity index (χ0v) is 19.0. The van der Waals surface area contributed by atoms with Crippen LogP contribution in [0.2, 0.25) is 0 Å². The molecule has 2 aromatic carbocycles. The van der Waals surface area contributed by atoms with Gasteiger partial charge in [0.05, 0.1) is 26.5 Å². The van der Waals surface area contributed by atoms with E-state index in [1.807, 2.05) is 6.07 Å². The summed E-state index contributed by atoms with van der Waals surface area (Å²) in [4.78, 5) is 25.4. The van der Waals surface area contributed by atoms with E-state index in [1.165, 1.54) is 37.1 Å². The Labute approximate surface area is 192 Å². The zero-order valence-electron chi connectivity index (χ0n) is 19.0. The van der Waals surface area contributed by atoms with E-state index in [1.54, 1.807) is 24.3 Å². The Hall–Kier alpha value is -3.68. The number of carbonyl (C=O) groups excluding carboxylic acids is 2. The molecule has 174 valence electrons. The van der Waals surface area contributed by atoms with E-state index in [4.69, 9.17) is 14.2 Å². The molecule has 0 saturated heterocycles. The molecule has 0 atom stereocenters. The van der Waals surface area contributed by atoms with Gasteiger partial charge in [0.25, 0.3) is 0 Å². The smallest absolute Gasteiger partial charge is 0.357 e. The van der Waals surface area contributed by atoms with Crippen molar-refractivity contribution in [3.8, 4) is 22.7 Å². The van der Waals surface area contributed by atoms with E-state index in [0.29, 0.717) is 17.9 Å². The Morgan fingerprint density at radius 2 is 1.70 bits per heavy atom. The summed E-state index contributed by atoms with van der Waals surface area (Å²) < 4.78 is 31.2.